The van der Waals surface area contributed by atoms with Gasteiger partial charge in [-0.05, 0) is 47.7 Å². The fourth-order valence-corrected chi connectivity index (χ4v) is 5.16. The summed E-state index contributed by atoms with van der Waals surface area (Å²) in [4.78, 5) is 33.3. The van der Waals surface area contributed by atoms with Gasteiger partial charge in [0.1, 0.15) is 0 Å². The summed E-state index contributed by atoms with van der Waals surface area (Å²) < 4.78 is 5.45. The van der Waals surface area contributed by atoms with E-state index in [9.17, 15) is 9.59 Å². The van der Waals surface area contributed by atoms with E-state index in [1.807, 2.05) is 0 Å². The van der Waals surface area contributed by atoms with Crippen molar-refractivity contribution >= 4 is 46.3 Å². The van der Waals surface area contributed by atoms with Gasteiger partial charge in [-0.25, -0.2) is 0 Å². The lowest BCUT2D eigenvalue weighted by molar-refractivity contribution is -0.118. The molecule has 0 bridgehead atoms. The van der Waals surface area contributed by atoms with Gasteiger partial charge >= 0.3 is 0 Å². The summed E-state index contributed by atoms with van der Waals surface area (Å²) in [5.41, 5.74) is 2.84. The number of halogens is 2. The van der Waals surface area contributed by atoms with Crippen molar-refractivity contribution in [2.75, 3.05) is 10.2 Å². The molecule has 5 rings (SSSR count). The first kappa shape index (κ1) is 21.7. The lowest BCUT2D eigenvalue weighted by atomic mass is 9.73. The number of hydrogen-bond donors (Lipinski definition) is 1. The van der Waals surface area contributed by atoms with Gasteiger partial charge in [-0.1, -0.05) is 43.1 Å². The van der Waals surface area contributed by atoms with Gasteiger partial charge in [-0.3, -0.25) is 19.5 Å². The lowest BCUT2D eigenvalue weighted by Crippen LogP contribution is -2.39. The molecule has 1 aliphatic carbocycles. The van der Waals surface area contributed by atoms with Crippen LogP contribution in [0.15, 0.2) is 70.7 Å². The number of carbonyl (C=O) groups excluding carboxylic acids is 2. The van der Waals surface area contributed by atoms with E-state index in [4.69, 9.17) is 27.6 Å². The molecular formula is C25H21Cl2N3O3. The number of fused-ring (bicyclic) bond motifs is 1. The number of benzene rings is 1. The highest BCUT2D eigenvalue weighted by atomic mass is 35.5. The van der Waals surface area contributed by atoms with E-state index in [1.54, 1.807) is 53.7 Å². The number of allylic oxidation sites excluding steroid dienone is 1. The molecule has 0 saturated carbocycles. The molecule has 0 fully saturated rings. The molecule has 1 amide bonds. The normalized spacial score (nSPS) is 19.5. The number of amides is 1. The summed E-state index contributed by atoms with van der Waals surface area (Å²) in [6.45, 7) is 4.11. The molecule has 1 aliphatic heterocycles. The van der Waals surface area contributed by atoms with Gasteiger partial charge in [0.25, 0.3) is 5.91 Å². The second kappa shape index (κ2) is 8.04. The van der Waals surface area contributed by atoms with Crippen molar-refractivity contribution in [2.24, 2.45) is 5.41 Å². The molecule has 0 spiro atoms. The van der Waals surface area contributed by atoms with Gasteiger partial charge in [-0.15, -0.1) is 0 Å². The summed E-state index contributed by atoms with van der Waals surface area (Å²) in [5, 5.41) is 4.25. The third kappa shape index (κ3) is 3.83. The van der Waals surface area contributed by atoms with E-state index >= 15 is 0 Å². The molecule has 2 aromatic heterocycles. The van der Waals surface area contributed by atoms with Gasteiger partial charge in [-0.2, -0.15) is 0 Å². The van der Waals surface area contributed by atoms with Crippen molar-refractivity contribution < 1.29 is 14.0 Å². The maximum absolute atomic E-state index is 13.8. The summed E-state index contributed by atoms with van der Waals surface area (Å²) in [6, 6.07) is 9.32. The molecule has 3 heterocycles. The van der Waals surface area contributed by atoms with E-state index in [2.05, 4.69) is 24.1 Å². The SMILES string of the molecule is CC1(C)CC(=O)C2=C(C1)Nc1cnccc1N(C(=O)c1ccco1)C2c1ccc(Cl)cc1Cl. The topological polar surface area (TPSA) is 75.4 Å². The molecule has 1 N–H and O–H groups in total. The van der Waals surface area contributed by atoms with Gasteiger partial charge in [0.2, 0.25) is 0 Å². The molecule has 0 radical (unpaired) electrons. The highest BCUT2D eigenvalue weighted by Crippen LogP contribution is 2.49. The smallest absolute Gasteiger partial charge is 0.294 e. The minimum Gasteiger partial charge on any atom is -0.459 e. The predicted octanol–water partition coefficient (Wildman–Crippen LogP) is 6.44. The first-order valence-corrected chi connectivity index (χ1v) is 11.3. The molecule has 8 heteroatoms. The molecule has 1 unspecified atom stereocenters. The van der Waals surface area contributed by atoms with E-state index in [0.717, 1.165) is 5.70 Å². The minimum absolute atomic E-state index is 0.0391. The van der Waals surface area contributed by atoms with Crippen LogP contribution in [0.5, 0.6) is 0 Å². The molecule has 2 aliphatic rings. The van der Waals surface area contributed by atoms with Crippen LogP contribution in [-0.4, -0.2) is 16.7 Å². The van der Waals surface area contributed by atoms with Crippen molar-refractivity contribution in [3.05, 3.63) is 87.7 Å². The molecular weight excluding hydrogens is 461 g/mol. The number of Topliss-reactive ketones (excluding diaryl/α,β-unsaturated/α-hetero) is 1. The number of ketones is 1. The zero-order valence-electron chi connectivity index (χ0n) is 18.1. The number of nitrogens with zero attached hydrogens (tertiary/aromatic N) is 2. The highest BCUT2D eigenvalue weighted by Gasteiger charge is 2.44. The second-order valence-corrected chi connectivity index (χ2v) is 9.92. The van der Waals surface area contributed by atoms with Crippen molar-refractivity contribution in [1.82, 2.24) is 4.98 Å². The molecule has 3 aromatic rings. The van der Waals surface area contributed by atoms with E-state index < -0.39 is 11.9 Å². The van der Waals surface area contributed by atoms with Crippen molar-refractivity contribution in [3.8, 4) is 0 Å². The van der Waals surface area contributed by atoms with Gasteiger partial charge in [0, 0.05) is 33.9 Å². The van der Waals surface area contributed by atoms with Gasteiger partial charge < -0.3 is 9.73 Å². The lowest BCUT2D eigenvalue weighted by Gasteiger charge is -2.37. The Morgan fingerprint density at radius 2 is 2.03 bits per heavy atom. The van der Waals surface area contributed by atoms with E-state index in [0.29, 0.717) is 45.4 Å². The third-order valence-corrected chi connectivity index (χ3v) is 6.57. The number of aromatic nitrogens is 1. The first-order valence-electron chi connectivity index (χ1n) is 10.5. The third-order valence-electron chi connectivity index (χ3n) is 6.00. The Balaban J connectivity index is 1.82. The summed E-state index contributed by atoms with van der Waals surface area (Å²) in [7, 11) is 0. The standard InChI is InChI=1S/C25H21Cl2N3O3/c1-25(2)11-17-22(20(31)12-25)23(15-6-5-14(26)10-16(15)27)30(24(32)21-4-3-9-33-21)19-7-8-28-13-18(19)29-17/h3-10,13,23,29H,11-12H2,1-2H3. The maximum atomic E-state index is 13.8. The molecule has 168 valence electrons. The number of anilines is 2. The van der Waals surface area contributed by atoms with Crippen LogP contribution >= 0.6 is 23.2 Å². The Morgan fingerprint density at radius 1 is 1.21 bits per heavy atom. The number of nitrogens with one attached hydrogen (secondary N) is 1. The number of furan rings is 1. The van der Waals surface area contributed by atoms with E-state index in [1.165, 1.54) is 6.26 Å². The minimum atomic E-state index is -0.776. The van der Waals surface area contributed by atoms with Gasteiger partial charge in [0.15, 0.2) is 11.5 Å². The fourth-order valence-electron chi connectivity index (χ4n) is 4.65. The molecule has 1 aromatic carbocycles. The van der Waals surface area contributed by atoms with Crippen LogP contribution in [0, 0.1) is 5.41 Å². The zero-order chi connectivity index (χ0) is 23.3. The Hall–Kier alpha value is -3.09. The van der Waals surface area contributed by atoms with Crippen LogP contribution in [0.25, 0.3) is 0 Å². The Labute approximate surface area is 201 Å². The molecule has 33 heavy (non-hydrogen) atoms. The van der Waals surface area contributed by atoms with Crippen LogP contribution < -0.4 is 10.2 Å². The zero-order valence-corrected chi connectivity index (χ0v) is 19.6. The molecule has 1 atom stereocenters. The maximum Gasteiger partial charge on any atom is 0.294 e. The van der Waals surface area contributed by atoms with Crippen LogP contribution in [0.4, 0.5) is 11.4 Å². The monoisotopic (exact) mass is 481 g/mol. The van der Waals surface area contributed by atoms with E-state index in [-0.39, 0.29) is 17.0 Å². The molecule has 0 saturated heterocycles. The van der Waals surface area contributed by atoms with Crippen LogP contribution in [-0.2, 0) is 4.79 Å². The Morgan fingerprint density at radius 3 is 2.76 bits per heavy atom. The van der Waals surface area contributed by atoms with Crippen molar-refractivity contribution in [3.63, 3.8) is 0 Å². The molecule has 6 nitrogen and oxygen atoms in total. The number of hydrogen-bond acceptors (Lipinski definition) is 5. The summed E-state index contributed by atoms with van der Waals surface area (Å²) in [5.74, 6) is -0.278. The summed E-state index contributed by atoms with van der Waals surface area (Å²) in [6.07, 6.45) is 5.69. The largest absolute Gasteiger partial charge is 0.459 e. The van der Waals surface area contributed by atoms with Crippen LogP contribution in [0.1, 0.15) is 48.8 Å². The Kier molecular flexibility index (Phi) is 5.30. The Bertz CT molecular complexity index is 1300. The summed E-state index contributed by atoms with van der Waals surface area (Å²) >= 11 is 12.8. The number of rotatable bonds is 2. The average Bonchev–Trinajstić information content (AvgIpc) is 3.23. The average molecular weight is 482 g/mol. The predicted molar refractivity (Wildman–Crippen MR) is 128 cm³/mol. The van der Waals surface area contributed by atoms with Gasteiger partial charge in [0.05, 0.1) is 29.9 Å². The number of pyridine rings is 1. The van der Waals surface area contributed by atoms with Crippen LogP contribution in [0.3, 0.4) is 0 Å². The fraction of sp³-hybridized carbons (Fsp3) is 0.240. The first-order chi connectivity index (χ1) is 15.7. The van der Waals surface area contributed by atoms with Crippen molar-refractivity contribution in [2.45, 2.75) is 32.7 Å². The van der Waals surface area contributed by atoms with Crippen molar-refractivity contribution in [1.29, 1.82) is 0 Å². The number of carbonyl (C=O) groups is 2. The quantitative estimate of drug-likeness (QED) is 0.455. The second-order valence-electron chi connectivity index (χ2n) is 9.07. The highest BCUT2D eigenvalue weighted by molar-refractivity contribution is 6.35. The van der Waals surface area contributed by atoms with Crippen LogP contribution in [0.2, 0.25) is 10.0 Å².